The van der Waals surface area contributed by atoms with E-state index < -0.39 is 0 Å². The second-order valence-electron chi connectivity index (χ2n) is 4.59. The Kier molecular flexibility index (Phi) is 4.49. The molecule has 2 aromatic heterocycles. The van der Waals surface area contributed by atoms with Gasteiger partial charge in [0.05, 0.1) is 11.4 Å². The van der Waals surface area contributed by atoms with Crippen molar-refractivity contribution in [3.63, 3.8) is 0 Å². The molecule has 0 amide bonds. The van der Waals surface area contributed by atoms with Crippen LogP contribution in [-0.2, 0) is 6.54 Å². The zero-order chi connectivity index (χ0) is 13.7. The van der Waals surface area contributed by atoms with Gasteiger partial charge >= 0.3 is 0 Å². The van der Waals surface area contributed by atoms with E-state index >= 15 is 0 Å². The number of hydrogen-bond acceptors (Lipinski definition) is 4. The first-order chi connectivity index (χ1) is 9.26. The highest BCUT2D eigenvalue weighted by Crippen LogP contribution is 2.21. The van der Waals surface area contributed by atoms with Gasteiger partial charge in [0.15, 0.2) is 0 Å². The summed E-state index contributed by atoms with van der Waals surface area (Å²) in [7, 11) is 0. The summed E-state index contributed by atoms with van der Waals surface area (Å²) in [5.74, 6) is 0.687. The van der Waals surface area contributed by atoms with E-state index in [0.29, 0.717) is 5.95 Å². The summed E-state index contributed by atoms with van der Waals surface area (Å²) in [5, 5.41) is 7.57. The van der Waals surface area contributed by atoms with Crippen molar-refractivity contribution in [2.75, 3.05) is 11.9 Å². The summed E-state index contributed by atoms with van der Waals surface area (Å²) in [6.45, 7) is 8.09. The highest BCUT2D eigenvalue weighted by molar-refractivity contribution is 5.59. The molecule has 0 aliphatic rings. The van der Waals surface area contributed by atoms with E-state index in [2.05, 4.69) is 34.2 Å². The normalized spacial score (nSPS) is 10.7. The van der Waals surface area contributed by atoms with E-state index in [1.165, 1.54) is 0 Å². The zero-order valence-corrected chi connectivity index (χ0v) is 11.8. The summed E-state index contributed by atoms with van der Waals surface area (Å²) in [6.07, 6.45) is 5.80. The van der Waals surface area contributed by atoms with Gasteiger partial charge in [0, 0.05) is 25.5 Å². The second-order valence-corrected chi connectivity index (χ2v) is 4.59. The molecule has 0 aromatic carbocycles. The second kappa shape index (κ2) is 6.31. The molecule has 2 aromatic rings. The Morgan fingerprint density at radius 1 is 1.26 bits per heavy atom. The number of nitrogens with one attached hydrogen (secondary N) is 1. The third-order valence-electron chi connectivity index (χ3n) is 2.90. The van der Waals surface area contributed by atoms with Crippen molar-refractivity contribution in [1.82, 2.24) is 19.7 Å². The predicted molar refractivity (Wildman–Crippen MR) is 77.1 cm³/mol. The maximum absolute atomic E-state index is 4.61. The summed E-state index contributed by atoms with van der Waals surface area (Å²) in [6, 6.07) is 2.01. The van der Waals surface area contributed by atoms with Gasteiger partial charge in [-0.3, -0.25) is 4.68 Å². The van der Waals surface area contributed by atoms with Crippen molar-refractivity contribution in [2.24, 2.45) is 0 Å². The van der Waals surface area contributed by atoms with Gasteiger partial charge in [0.1, 0.15) is 0 Å². The van der Waals surface area contributed by atoms with Crippen molar-refractivity contribution in [2.45, 2.75) is 40.2 Å². The lowest BCUT2D eigenvalue weighted by Crippen LogP contribution is -2.08. The molecule has 1 N–H and O–H groups in total. The molecule has 19 heavy (non-hydrogen) atoms. The number of rotatable bonds is 6. The first-order valence-corrected chi connectivity index (χ1v) is 6.86. The number of hydrogen-bond donors (Lipinski definition) is 1. The Labute approximate surface area is 114 Å². The van der Waals surface area contributed by atoms with Gasteiger partial charge in [-0.15, -0.1) is 0 Å². The van der Waals surface area contributed by atoms with E-state index in [0.717, 1.165) is 42.9 Å². The van der Waals surface area contributed by atoms with Crippen LogP contribution in [0.25, 0.3) is 11.4 Å². The molecule has 0 saturated heterocycles. The zero-order valence-electron chi connectivity index (χ0n) is 11.8. The molecule has 2 rings (SSSR count). The summed E-state index contributed by atoms with van der Waals surface area (Å²) < 4.78 is 2.00. The van der Waals surface area contributed by atoms with Gasteiger partial charge in [-0.2, -0.15) is 5.10 Å². The van der Waals surface area contributed by atoms with Crippen LogP contribution < -0.4 is 5.32 Å². The molecule has 5 heteroatoms. The molecule has 0 aliphatic heterocycles. The molecule has 102 valence electrons. The molecule has 5 nitrogen and oxygen atoms in total. The number of aryl methyl sites for hydroxylation is 2. The summed E-state index contributed by atoms with van der Waals surface area (Å²) in [5.41, 5.74) is 3.08. The Bertz CT molecular complexity index is 532. The first-order valence-electron chi connectivity index (χ1n) is 6.86. The van der Waals surface area contributed by atoms with Gasteiger partial charge in [-0.25, -0.2) is 9.97 Å². The van der Waals surface area contributed by atoms with Crippen molar-refractivity contribution < 1.29 is 0 Å². The molecule has 0 fully saturated rings. The van der Waals surface area contributed by atoms with E-state index in [1.54, 1.807) is 0 Å². The SMILES string of the molecule is CCCNc1ncc(C)c(-c2ccnn2CCC)n1. The maximum Gasteiger partial charge on any atom is 0.223 e. The Morgan fingerprint density at radius 2 is 2.11 bits per heavy atom. The minimum atomic E-state index is 0.687. The van der Waals surface area contributed by atoms with E-state index in [9.17, 15) is 0 Å². The van der Waals surface area contributed by atoms with Crippen LogP contribution in [0.5, 0.6) is 0 Å². The monoisotopic (exact) mass is 259 g/mol. The van der Waals surface area contributed by atoms with Crippen molar-refractivity contribution >= 4 is 5.95 Å². The molecule has 0 aliphatic carbocycles. The fourth-order valence-corrected chi connectivity index (χ4v) is 1.95. The van der Waals surface area contributed by atoms with Crippen LogP contribution in [0.1, 0.15) is 32.3 Å². The number of aromatic nitrogens is 4. The molecule has 0 saturated carbocycles. The Morgan fingerprint density at radius 3 is 2.84 bits per heavy atom. The van der Waals surface area contributed by atoms with Crippen LogP contribution in [0, 0.1) is 6.92 Å². The summed E-state index contributed by atoms with van der Waals surface area (Å²) >= 11 is 0. The minimum Gasteiger partial charge on any atom is -0.354 e. The van der Waals surface area contributed by atoms with Crippen LogP contribution in [0.2, 0.25) is 0 Å². The minimum absolute atomic E-state index is 0.687. The molecule has 0 radical (unpaired) electrons. The van der Waals surface area contributed by atoms with Crippen LogP contribution in [0.15, 0.2) is 18.5 Å². The van der Waals surface area contributed by atoms with Crippen molar-refractivity contribution in [1.29, 1.82) is 0 Å². The van der Waals surface area contributed by atoms with Gasteiger partial charge in [-0.1, -0.05) is 13.8 Å². The third-order valence-corrected chi connectivity index (χ3v) is 2.90. The molecule has 0 bridgehead atoms. The van der Waals surface area contributed by atoms with Crippen LogP contribution >= 0.6 is 0 Å². The average Bonchev–Trinajstić information content (AvgIpc) is 2.86. The topological polar surface area (TPSA) is 55.6 Å². The lowest BCUT2D eigenvalue weighted by atomic mass is 10.2. The Hall–Kier alpha value is -1.91. The van der Waals surface area contributed by atoms with Crippen molar-refractivity contribution in [3.8, 4) is 11.4 Å². The highest BCUT2D eigenvalue weighted by Gasteiger charge is 2.11. The number of anilines is 1. The van der Waals surface area contributed by atoms with E-state index in [-0.39, 0.29) is 0 Å². The lowest BCUT2D eigenvalue weighted by molar-refractivity contribution is 0.607. The fourth-order valence-electron chi connectivity index (χ4n) is 1.95. The smallest absolute Gasteiger partial charge is 0.223 e. The van der Waals surface area contributed by atoms with Gasteiger partial charge in [0.25, 0.3) is 0 Å². The van der Waals surface area contributed by atoms with E-state index in [4.69, 9.17) is 0 Å². The molecular weight excluding hydrogens is 238 g/mol. The van der Waals surface area contributed by atoms with Crippen LogP contribution in [0.4, 0.5) is 5.95 Å². The summed E-state index contributed by atoms with van der Waals surface area (Å²) in [4.78, 5) is 8.92. The van der Waals surface area contributed by atoms with Crippen LogP contribution in [-0.4, -0.2) is 26.3 Å². The largest absolute Gasteiger partial charge is 0.354 e. The predicted octanol–water partition coefficient (Wildman–Crippen LogP) is 2.88. The maximum atomic E-state index is 4.61. The highest BCUT2D eigenvalue weighted by atomic mass is 15.3. The molecular formula is C14H21N5. The molecule has 0 atom stereocenters. The molecule has 0 spiro atoms. The van der Waals surface area contributed by atoms with Gasteiger partial charge in [-0.05, 0) is 31.4 Å². The first kappa shape index (κ1) is 13.5. The average molecular weight is 259 g/mol. The van der Waals surface area contributed by atoms with Gasteiger partial charge < -0.3 is 5.32 Å². The molecule has 2 heterocycles. The Balaban J connectivity index is 2.34. The van der Waals surface area contributed by atoms with E-state index in [1.807, 2.05) is 30.1 Å². The molecule has 0 unspecified atom stereocenters. The van der Waals surface area contributed by atoms with Crippen LogP contribution in [0.3, 0.4) is 0 Å². The van der Waals surface area contributed by atoms with Crippen molar-refractivity contribution in [3.05, 3.63) is 24.0 Å². The number of nitrogens with zero attached hydrogens (tertiary/aromatic N) is 4. The van der Waals surface area contributed by atoms with Gasteiger partial charge in [0.2, 0.25) is 5.95 Å². The third kappa shape index (κ3) is 3.10. The standard InChI is InChI=1S/C14H21N5/c1-4-7-15-14-16-10-11(3)13(18-14)12-6-8-17-19(12)9-5-2/h6,8,10H,4-5,7,9H2,1-3H3,(H,15,16,18). The lowest BCUT2D eigenvalue weighted by Gasteiger charge is -2.10. The quantitative estimate of drug-likeness (QED) is 0.866. The fraction of sp³-hybridized carbons (Fsp3) is 0.500.